The smallest absolute Gasteiger partial charge is 0.332 e. The molecule has 2 saturated carbocycles. The van der Waals surface area contributed by atoms with Crippen LogP contribution in [0.25, 0.3) is 0 Å². The third kappa shape index (κ3) is 1.73. The van der Waals surface area contributed by atoms with Crippen molar-refractivity contribution in [2.24, 2.45) is 34.0 Å². The van der Waals surface area contributed by atoms with Crippen molar-refractivity contribution >= 4 is 11.7 Å². The van der Waals surface area contributed by atoms with E-state index in [4.69, 9.17) is 5.73 Å². The largest absolute Gasteiger partial charge is 0.350 e. The minimum absolute atomic E-state index is 0.470. The Kier molecular flexibility index (Phi) is 2.24. The molecular weight excluding hydrogens is 190 g/mol. The van der Waals surface area contributed by atoms with Gasteiger partial charge in [0.15, 0.2) is 0 Å². The van der Waals surface area contributed by atoms with Gasteiger partial charge in [0.05, 0.1) is 0 Å². The summed E-state index contributed by atoms with van der Waals surface area (Å²) < 4.78 is 0. The molecule has 4 nitrogen and oxygen atoms in total. The second-order valence-corrected chi connectivity index (χ2v) is 5.45. The number of rotatable bonds is 1. The van der Waals surface area contributed by atoms with E-state index >= 15 is 0 Å². The van der Waals surface area contributed by atoms with Gasteiger partial charge in [-0.15, -0.1) is 0 Å². The Morgan fingerprint density at radius 2 is 2.20 bits per heavy atom. The molecule has 0 radical (unpaired) electrons. The van der Waals surface area contributed by atoms with Crippen LogP contribution in [0.4, 0.5) is 4.79 Å². The second-order valence-electron chi connectivity index (χ2n) is 5.45. The molecule has 3 atom stereocenters. The average molecular weight is 209 g/mol. The van der Waals surface area contributed by atoms with Gasteiger partial charge in [-0.05, 0) is 36.0 Å². The molecule has 0 saturated heterocycles. The van der Waals surface area contributed by atoms with Crippen LogP contribution in [0.15, 0.2) is 5.10 Å². The third-order valence-electron chi connectivity index (χ3n) is 4.20. The monoisotopic (exact) mass is 209 g/mol. The zero-order chi connectivity index (χ0) is 11.2. The molecule has 84 valence electrons. The van der Waals surface area contributed by atoms with E-state index < -0.39 is 6.03 Å². The van der Waals surface area contributed by atoms with Crippen molar-refractivity contribution < 1.29 is 4.79 Å². The van der Waals surface area contributed by atoms with Gasteiger partial charge in [0.25, 0.3) is 0 Å². The molecule has 0 aliphatic heterocycles. The van der Waals surface area contributed by atoms with Crippen LogP contribution in [0.2, 0.25) is 0 Å². The second kappa shape index (κ2) is 3.22. The predicted molar refractivity (Wildman–Crippen MR) is 59.3 cm³/mol. The van der Waals surface area contributed by atoms with Gasteiger partial charge in [0, 0.05) is 5.71 Å². The lowest BCUT2D eigenvalue weighted by Crippen LogP contribution is -2.28. The van der Waals surface area contributed by atoms with Crippen molar-refractivity contribution in [3.8, 4) is 0 Å². The van der Waals surface area contributed by atoms with Crippen molar-refractivity contribution in [1.82, 2.24) is 5.43 Å². The van der Waals surface area contributed by atoms with Gasteiger partial charge in [-0.1, -0.05) is 20.8 Å². The fraction of sp³-hybridized carbons (Fsp3) is 0.818. The third-order valence-corrected chi connectivity index (χ3v) is 4.20. The summed E-state index contributed by atoms with van der Waals surface area (Å²) in [5.41, 5.74) is 8.90. The molecule has 0 aromatic rings. The van der Waals surface area contributed by atoms with E-state index in [9.17, 15) is 4.79 Å². The lowest BCUT2D eigenvalue weighted by Gasteiger charge is -2.18. The Morgan fingerprint density at radius 1 is 1.53 bits per heavy atom. The number of urea groups is 1. The van der Waals surface area contributed by atoms with Crippen molar-refractivity contribution in [1.29, 1.82) is 0 Å². The number of hydrogen-bond acceptors (Lipinski definition) is 2. The van der Waals surface area contributed by atoms with Gasteiger partial charge in [-0.3, -0.25) is 0 Å². The molecule has 2 fully saturated rings. The number of amides is 2. The number of primary amides is 1. The van der Waals surface area contributed by atoms with E-state index in [0.717, 1.165) is 24.0 Å². The van der Waals surface area contributed by atoms with Crippen LogP contribution < -0.4 is 11.2 Å². The first-order valence-electron chi connectivity index (χ1n) is 5.55. The molecule has 0 unspecified atom stereocenters. The van der Waals surface area contributed by atoms with Crippen molar-refractivity contribution in [2.75, 3.05) is 0 Å². The molecule has 4 heteroatoms. The molecule has 2 aliphatic carbocycles. The maximum Gasteiger partial charge on any atom is 0.332 e. The molecule has 2 aliphatic rings. The van der Waals surface area contributed by atoms with Gasteiger partial charge in [-0.2, -0.15) is 5.10 Å². The van der Waals surface area contributed by atoms with Crippen LogP contribution in [0.1, 0.15) is 33.6 Å². The van der Waals surface area contributed by atoms with E-state index in [1.807, 2.05) is 0 Å². The van der Waals surface area contributed by atoms with Crippen LogP contribution in [0.3, 0.4) is 0 Å². The minimum atomic E-state index is -0.577. The number of fused-ring (bicyclic) bond motifs is 1. The van der Waals surface area contributed by atoms with Crippen LogP contribution in [0.5, 0.6) is 0 Å². The number of carbonyl (C=O) groups is 1. The Hall–Kier alpha value is -1.06. The van der Waals surface area contributed by atoms with E-state index in [-0.39, 0.29) is 0 Å². The molecule has 0 spiro atoms. The molecule has 2 rings (SSSR count). The number of hydrazone groups is 1. The number of nitrogens with one attached hydrogen (secondary N) is 1. The normalized spacial score (nSPS) is 39.7. The summed E-state index contributed by atoms with van der Waals surface area (Å²) >= 11 is 0. The quantitative estimate of drug-likeness (QED) is 0.634. The van der Waals surface area contributed by atoms with Crippen LogP contribution in [0, 0.1) is 23.2 Å². The zero-order valence-electron chi connectivity index (χ0n) is 9.58. The van der Waals surface area contributed by atoms with Crippen molar-refractivity contribution in [3.63, 3.8) is 0 Å². The molecule has 0 aromatic heterocycles. The van der Waals surface area contributed by atoms with Crippen molar-refractivity contribution in [2.45, 2.75) is 33.6 Å². The van der Waals surface area contributed by atoms with Crippen molar-refractivity contribution in [3.05, 3.63) is 0 Å². The zero-order valence-corrected chi connectivity index (χ0v) is 9.58. The van der Waals surface area contributed by atoms with E-state index in [1.165, 1.54) is 6.42 Å². The molecule has 0 bridgehead atoms. The predicted octanol–water partition coefficient (Wildman–Crippen LogP) is 1.71. The Labute approximate surface area is 90.3 Å². The van der Waals surface area contributed by atoms with Crippen LogP contribution >= 0.6 is 0 Å². The molecule has 0 aromatic carbocycles. The first kappa shape index (κ1) is 10.5. The summed E-state index contributed by atoms with van der Waals surface area (Å²) in [4.78, 5) is 10.6. The molecule has 0 heterocycles. The lowest BCUT2D eigenvalue weighted by molar-refractivity contribution is 0.249. The van der Waals surface area contributed by atoms with E-state index in [2.05, 4.69) is 31.3 Å². The van der Waals surface area contributed by atoms with Gasteiger partial charge in [-0.25, -0.2) is 10.2 Å². The minimum Gasteiger partial charge on any atom is -0.350 e. The van der Waals surface area contributed by atoms with E-state index in [1.54, 1.807) is 0 Å². The lowest BCUT2D eigenvalue weighted by atomic mass is 9.89. The molecule has 15 heavy (non-hydrogen) atoms. The maximum absolute atomic E-state index is 10.6. The Morgan fingerprint density at radius 3 is 2.80 bits per heavy atom. The SMILES string of the molecule is C[C@@H]1C[C@@H]2[C@H](C/C1=N/NC(N)=O)C2(C)C. The fourth-order valence-electron chi connectivity index (χ4n) is 2.96. The van der Waals surface area contributed by atoms with Gasteiger partial charge < -0.3 is 5.73 Å². The fourth-order valence-corrected chi connectivity index (χ4v) is 2.96. The summed E-state index contributed by atoms with van der Waals surface area (Å²) in [5, 5.41) is 4.10. The van der Waals surface area contributed by atoms with E-state index in [0.29, 0.717) is 11.3 Å². The first-order valence-corrected chi connectivity index (χ1v) is 5.55. The van der Waals surface area contributed by atoms with Crippen LogP contribution in [-0.2, 0) is 0 Å². The Bertz CT molecular complexity index is 322. The number of hydrogen-bond donors (Lipinski definition) is 2. The highest BCUT2D eigenvalue weighted by Crippen LogP contribution is 2.65. The van der Waals surface area contributed by atoms with Gasteiger partial charge >= 0.3 is 6.03 Å². The summed E-state index contributed by atoms with van der Waals surface area (Å²) in [5.74, 6) is 2.07. The maximum atomic E-state index is 10.6. The Balaban J connectivity index is 2.03. The molecular formula is C11H19N3O. The molecule has 2 amide bonds. The highest BCUT2D eigenvalue weighted by Gasteiger charge is 2.60. The summed E-state index contributed by atoms with van der Waals surface area (Å²) in [6.07, 6.45) is 2.20. The topological polar surface area (TPSA) is 67.5 Å². The number of carbonyl (C=O) groups excluding carboxylic acids is 1. The molecule has 3 N–H and O–H groups in total. The first-order chi connectivity index (χ1) is 6.93. The summed E-state index contributed by atoms with van der Waals surface area (Å²) in [7, 11) is 0. The average Bonchev–Trinajstić information content (AvgIpc) is 2.64. The standard InChI is InChI=1S/C11H19N3O/c1-6-4-7-8(11(7,2)3)5-9(6)13-14-10(12)15/h6-8H,4-5H2,1-3H3,(H3,12,14,15)/b13-9-/t6-,7-,8+/m1/s1. The summed E-state index contributed by atoms with van der Waals surface area (Å²) in [6, 6.07) is -0.577. The number of nitrogens with zero attached hydrogens (tertiary/aromatic N) is 1. The highest BCUT2D eigenvalue weighted by molar-refractivity contribution is 5.89. The highest BCUT2D eigenvalue weighted by atomic mass is 16.2. The van der Waals surface area contributed by atoms with Crippen LogP contribution in [-0.4, -0.2) is 11.7 Å². The van der Waals surface area contributed by atoms with Gasteiger partial charge in [0.2, 0.25) is 0 Å². The number of nitrogens with two attached hydrogens (primary N) is 1. The van der Waals surface area contributed by atoms with Gasteiger partial charge in [0.1, 0.15) is 0 Å². The summed E-state index contributed by atoms with van der Waals surface area (Å²) in [6.45, 7) is 6.81.